The summed E-state index contributed by atoms with van der Waals surface area (Å²) in [7, 11) is -0.868. The summed E-state index contributed by atoms with van der Waals surface area (Å²) < 4.78 is 10.8. The van der Waals surface area contributed by atoms with E-state index in [1.54, 1.807) is 6.26 Å². The molecule has 0 aliphatic rings. The van der Waals surface area contributed by atoms with Crippen LogP contribution in [0.5, 0.6) is 0 Å². The first-order valence-corrected chi connectivity index (χ1v) is 7.20. The van der Waals surface area contributed by atoms with Crippen molar-refractivity contribution in [1.29, 1.82) is 0 Å². The van der Waals surface area contributed by atoms with Gasteiger partial charge in [0.05, 0.1) is 4.92 Å². The number of hydrogen-bond acceptors (Lipinski definition) is 5. The second-order valence-electron chi connectivity index (χ2n) is 3.85. The van der Waals surface area contributed by atoms with Gasteiger partial charge < -0.3 is 10.4 Å². The van der Waals surface area contributed by atoms with Gasteiger partial charge in [-0.1, -0.05) is 0 Å². The molecule has 0 saturated heterocycles. The number of aromatic carboxylic acids is 1. The lowest BCUT2D eigenvalue weighted by Gasteiger charge is -2.07. The van der Waals surface area contributed by atoms with E-state index in [2.05, 4.69) is 5.32 Å². The summed E-state index contributed by atoms with van der Waals surface area (Å²) in [5.41, 5.74) is -0.299. The van der Waals surface area contributed by atoms with E-state index < -0.39 is 27.4 Å². The Bertz CT molecular complexity index is 518. The minimum Gasteiger partial charge on any atom is -0.477 e. The number of nitrogens with zero attached hydrogens (tertiary/aromatic N) is 1. The van der Waals surface area contributed by atoms with Crippen molar-refractivity contribution in [2.24, 2.45) is 0 Å². The summed E-state index contributed by atoms with van der Waals surface area (Å²) in [6, 6.07) is 3.83. The Morgan fingerprint density at radius 1 is 1.53 bits per heavy atom. The van der Waals surface area contributed by atoms with Gasteiger partial charge in [0.25, 0.3) is 5.69 Å². The number of hydrogen-bond donors (Lipinski definition) is 2. The molecule has 2 N–H and O–H groups in total. The Hall–Kier alpha value is -1.96. The highest BCUT2D eigenvalue weighted by Gasteiger charge is 2.19. The molecule has 0 saturated carbocycles. The maximum absolute atomic E-state index is 10.9. The molecule has 0 fully saturated rings. The summed E-state index contributed by atoms with van der Waals surface area (Å²) in [5.74, 6) is -0.795. The van der Waals surface area contributed by atoms with Crippen LogP contribution < -0.4 is 5.32 Å². The number of nitro groups is 1. The lowest BCUT2D eigenvalue weighted by atomic mass is 10.1. The van der Waals surface area contributed by atoms with Gasteiger partial charge in [-0.05, 0) is 18.6 Å². The Labute approximate surface area is 112 Å². The fourth-order valence-corrected chi connectivity index (χ4v) is 2.04. The predicted molar refractivity (Wildman–Crippen MR) is 72.1 cm³/mol. The zero-order chi connectivity index (χ0) is 14.4. The van der Waals surface area contributed by atoms with E-state index in [-0.39, 0.29) is 5.56 Å². The van der Waals surface area contributed by atoms with Crippen molar-refractivity contribution in [2.75, 3.05) is 23.9 Å². The van der Waals surface area contributed by atoms with Crippen molar-refractivity contribution in [2.45, 2.75) is 6.42 Å². The number of carboxylic acids is 1. The second-order valence-corrected chi connectivity index (χ2v) is 5.41. The number of anilines is 1. The normalized spacial score (nSPS) is 11.8. The fourth-order valence-electron chi connectivity index (χ4n) is 1.48. The number of rotatable bonds is 7. The van der Waals surface area contributed by atoms with Crippen LogP contribution >= 0.6 is 0 Å². The fraction of sp³-hybridized carbons (Fsp3) is 0.364. The third-order valence-corrected chi connectivity index (χ3v) is 3.22. The molecule has 1 aromatic rings. The van der Waals surface area contributed by atoms with Crippen molar-refractivity contribution in [1.82, 2.24) is 0 Å². The molecule has 0 radical (unpaired) electrons. The van der Waals surface area contributed by atoms with Gasteiger partial charge in [0.1, 0.15) is 5.56 Å². The molecule has 8 heteroatoms. The first kappa shape index (κ1) is 15.1. The van der Waals surface area contributed by atoms with Crippen molar-refractivity contribution in [3.05, 3.63) is 33.9 Å². The number of carbonyl (C=O) groups is 1. The molecular weight excluding hydrogens is 272 g/mol. The molecule has 19 heavy (non-hydrogen) atoms. The van der Waals surface area contributed by atoms with Gasteiger partial charge in [-0.2, -0.15) is 0 Å². The number of nitro benzene ring substituents is 1. The molecule has 0 bridgehead atoms. The first-order chi connectivity index (χ1) is 8.91. The van der Waals surface area contributed by atoms with E-state index in [0.717, 1.165) is 6.07 Å². The minimum absolute atomic E-state index is 0.353. The van der Waals surface area contributed by atoms with Gasteiger partial charge in [0, 0.05) is 41.1 Å². The van der Waals surface area contributed by atoms with Crippen LogP contribution in [0.3, 0.4) is 0 Å². The lowest BCUT2D eigenvalue weighted by molar-refractivity contribution is -0.385. The van der Waals surface area contributed by atoms with E-state index >= 15 is 0 Å². The van der Waals surface area contributed by atoms with Crippen molar-refractivity contribution >= 4 is 28.1 Å². The molecule has 1 unspecified atom stereocenters. The third kappa shape index (κ3) is 4.66. The van der Waals surface area contributed by atoms with Crippen LogP contribution in [-0.2, 0) is 10.8 Å². The minimum atomic E-state index is -1.34. The average molecular weight is 286 g/mol. The summed E-state index contributed by atoms with van der Waals surface area (Å²) >= 11 is 0. The van der Waals surface area contributed by atoms with Crippen molar-refractivity contribution in [3.63, 3.8) is 0 Å². The first-order valence-electron chi connectivity index (χ1n) is 5.47. The van der Waals surface area contributed by atoms with Gasteiger partial charge >= 0.3 is 5.97 Å². The second kappa shape index (κ2) is 6.83. The van der Waals surface area contributed by atoms with Crippen LogP contribution in [0.4, 0.5) is 11.4 Å². The quantitative estimate of drug-likeness (QED) is 0.446. The summed E-state index contributed by atoms with van der Waals surface area (Å²) in [5, 5.41) is 22.5. The van der Waals surface area contributed by atoms with Gasteiger partial charge in [-0.25, -0.2) is 4.79 Å². The largest absolute Gasteiger partial charge is 0.477 e. The maximum atomic E-state index is 10.9. The van der Waals surface area contributed by atoms with Crippen LogP contribution in [0.25, 0.3) is 0 Å². The van der Waals surface area contributed by atoms with Crippen molar-refractivity contribution in [3.8, 4) is 0 Å². The Morgan fingerprint density at radius 3 is 2.74 bits per heavy atom. The Balaban J connectivity index is 2.76. The Kier molecular flexibility index (Phi) is 5.43. The summed E-state index contributed by atoms with van der Waals surface area (Å²) in [4.78, 5) is 20.9. The third-order valence-electron chi connectivity index (χ3n) is 2.36. The molecule has 7 nitrogen and oxygen atoms in total. The van der Waals surface area contributed by atoms with Gasteiger partial charge in [-0.3, -0.25) is 14.3 Å². The topological polar surface area (TPSA) is 110 Å². The predicted octanol–water partition coefficient (Wildman–Crippen LogP) is 1.47. The van der Waals surface area contributed by atoms with Gasteiger partial charge in [-0.15, -0.1) is 0 Å². The molecule has 0 spiro atoms. The number of carboxylic acid groups (broad SMARTS) is 1. The summed E-state index contributed by atoms with van der Waals surface area (Å²) in [6.07, 6.45) is 2.27. The highest BCUT2D eigenvalue weighted by molar-refractivity contribution is 7.84. The zero-order valence-electron chi connectivity index (χ0n) is 10.3. The van der Waals surface area contributed by atoms with Crippen LogP contribution in [0.2, 0.25) is 0 Å². The Morgan fingerprint density at radius 2 is 2.21 bits per heavy atom. The van der Waals surface area contributed by atoms with Gasteiger partial charge in [0.2, 0.25) is 0 Å². The van der Waals surface area contributed by atoms with Gasteiger partial charge in [0.15, 0.2) is 0 Å². The highest BCUT2D eigenvalue weighted by Crippen LogP contribution is 2.22. The van der Waals surface area contributed by atoms with E-state index in [1.165, 1.54) is 12.1 Å². The van der Waals surface area contributed by atoms with Crippen LogP contribution in [-0.4, -0.2) is 38.8 Å². The molecule has 0 aliphatic carbocycles. The molecule has 1 atom stereocenters. The van der Waals surface area contributed by atoms with E-state index in [0.29, 0.717) is 24.4 Å². The molecule has 104 valence electrons. The van der Waals surface area contributed by atoms with E-state index in [4.69, 9.17) is 5.11 Å². The molecule has 0 amide bonds. The van der Waals surface area contributed by atoms with E-state index in [1.807, 2.05) is 0 Å². The highest BCUT2D eigenvalue weighted by atomic mass is 32.2. The molecule has 0 aliphatic heterocycles. The van der Waals surface area contributed by atoms with E-state index in [9.17, 15) is 19.1 Å². The smallest absolute Gasteiger partial charge is 0.342 e. The maximum Gasteiger partial charge on any atom is 0.342 e. The molecule has 0 heterocycles. The number of benzene rings is 1. The zero-order valence-corrected chi connectivity index (χ0v) is 11.1. The van der Waals surface area contributed by atoms with Crippen LogP contribution in [0, 0.1) is 10.1 Å². The lowest BCUT2D eigenvalue weighted by Crippen LogP contribution is -2.08. The van der Waals surface area contributed by atoms with Crippen LogP contribution in [0.15, 0.2) is 18.2 Å². The average Bonchev–Trinajstić information content (AvgIpc) is 2.33. The molecule has 1 aromatic carbocycles. The SMILES string of the molecule is CS(=O)CCCNc1ccc([N+](=O)[O-])c(C(=O)O)c1. The van der Waals surface area contributed by atoms with Crippen LogP contribution in [0.1, 0.15) is 16.8 Å². The molecule has 1 rings (SSSR count). The number of nitrogens with one attached hydrogen (secondary N) is 1. The van der Waals surface area contributed by atoms with Crippen molar-refractivity contribution < 1.29 is 19.0 Å². The standard InChI is InChI=1S/C11H14N2O5S/c1-19(18)6-2-5-12-8-3-4-10(13(16)17)9(7-8)11(14)15/h3-4,7,12H,2,5-6H2,1H3,(H,14,15). The monoisotopic (exact) mass is 286 g/mol. The molecule has 0 aromatic heterocycles. The summed E-state index contributed by atoms with van der Waals surface area (Å²) in [6.45, 7) is 0.524. The molecular formula is C11H14N2O5S.